The van der Waals surface area contributed by atoms with Crippen LogP contribution < -0.4 is 4.74 Å². The summed E-state index contributed by atoms with van der Waals surface area (Å²) in [6.07, 6.45) is 0. The monoisotopic (exact) mass is 290 g/mol. The van der Waals surface area contributed by atoms with Crippen molar-refractivity contribution in [2.75, 3.05) is 26.2 Å². The summed E-state index contributed by atoms with van der Waals surface area (Å²) in [5, 5.41) is 0. The molecular weight excluding hydrogens is 268 g/mol. The van der Waals surface area contributed by atoms with Crippen molar-refractivity contribution in [1.29, 1.82) is 0 Å². The van der Waals surface area contributed by atoms with Crippen LogP contribution >= 0.6 is 0 Å². The lowest BCUT2D eigenvalue weighted by molar-refractivity contribution is -0.147. The Hall–Kier alpha value is -2.04. The van der Waals surface area contributed by atoms with Crippen LogP contribution in [0.2, 0.25) is 0 Å². The molecule has 1 heterocycles. The van der Waals surface area contributed by atoms with Crippen molar-refractivity contribution in [2.45, 2.75) is 26.8 Å². The van der Waals surface area contributed by atoms with E-state index in [1.807, 2.05) is 45.0 Å². The molecule has 0 bridgehead atoms. The summed E-state index contributed by atoms with van der Waals surface area (Å²) in [7, 11) is 0. The molecule has 2 amide bonds. The quantitative estimate of drug-likeness (QED) is 0.843. The second-order valence-corrected chi connectivity index (χ2v) is 5.60. The average Bonchev–Trinajstić information content (AvgIpc) is 2.45. The van der Waals surface area contributed by atoms with Crippen LogP contribution in [-0.2, 0) is 9.59 Å². The molecule has 1 aliphatic rings. The van der Waals surface area contributed by atoms with Crippen LogP contribution in [0.5, 0.6) is 5.75 Å². The van der Waals surface area contributed by atoms with Crippen molar-refractivity contribution >= 4 is 11.8 Å². The predicted octanol–water partition coefficient (Wildman–Crippen LogP) is 1.45. The molecule has 114 valence electrons. The number of rotatable bonds is 4. The lowest BCUT2D eigenvalue weighted by Gasteiger charge is -2.36. The molecule has 1 fully saturated rings. The van der Waals surface area contributed by atoms with E-state index in [1.54, 1.807) is 9.80 Å². The van der Waals surface area contributed by atoms with E-state index >= 15 is 0 Å². The van der Waals surface area contributed by atoms with E-state index in [0.717, 1.165) is 5.56 Å². The maximum absolute atomic E-state index is 12.1. The molecule has 0 aliphatic carbocycles. The van der Waals surface area contributed by atoms with E-state index in [-0.39, 0.29) is 31.0 Å². The highest BCUT2D eigenvalue weighted by Gasteiger charge is 2.28. The maximum atomic E-state index is 12.1. The van der Waals surface area contributed by atoms with Crippen LogP contribution in [0, 0.1) is 6.92 Å². The Kier molecular flexibility index (Phi) is 4.83. The minimum Gasteiger partial charge on any atom is -0.484 e. The van der Waals surface area contributed by atoms with Gasteiger partial charge < -0.3 is 14.5 Å². The third-order valence-electron chi connectivity index (χ3n) is 3.62. The Morgan fingerprint density at radius 3 is 2.48 bits per heavy atom. The Bertz CT molecular complexity index is 511. The first kappa shape index (κ1) is 15.4. The highest BCUT2D eigenvalue weighted by Crippen LogP contribution is 2.12. The number of amides is 2. The van der Waals surface area contributed by atoms with Gasteiger partial charge in [0.1, 0.15) is 5.75 Å². The fourth-order valence-corrected chi connectivity index (χ4v) is 2.32. The second kappa shape index (κ2) is 6.61. The molecule has 21 heavy (non-hydrogen) atoms. The van der Waals surface area contributed by atoms with Gasteiger partial charge in [-0.05, 0) is 32.9 Å². The Morgan fingerprint density at radius 1 is 1.24 bits per heavy atom. The van der Waals surface area contributed by atoms with Crippen molar-refractivity contribution in [1.82, 2.24) is 9.80 Å². The van der Waals surface area contributed by atoms with Gasteiger partial charge in [0.15, 0.2) is 6.61 Å². The van der Waals surface area contributed by atoms with Gasteiger partial charge in [0, 0.05) is 19.1 Å². The molecule has 0 radical (unpaired) electrons. The Morgan fingerprint density at radius 2 is 1.90 bits per heavy atom. The van der Waals surface area contributed by atoms with Gasteiger partial charge in [0.2, 0.25) is 5.91 Å². The highest BCUT2D eigenvalue weighted by molar-refractivity contribution is 5.86. The van der Waals surface area contributed by atoms with Gasteiger partial charge >= 0.3 is 0 Å². The third kappa shape index (κ3) is 3.97. The van der Waals surface area contributed by atoms with E-state index in [0.29, 0.717) is 18.8 Å². The van der Waals surface area contributed by atoms with Crippen molar-refractivity contribution in [3.05, 3.63) is 29.8 Å². The largest absolute Gasteiger partial charge is 0.484 e. The van der Waals surface area contributed by atoms with Crippen molar-refractivity contribution in [2.24, 2.45) is 0 Å². The van der Waals surface area contributed by atoms with E-state index in [1.165, 1.54) is 0 Å². The average molecular weight is 290 g/mol. The number of aryl methyl sites for hydroxylation is 1. The molecule has 0 spiro atoms. The zero-order valence-corrected chi connectivity index (χ0v) is 12.8. The van der Waals surface area contributed by atoms with Crippen molar-refractivity contribution in [3.63, 3.8) is 0 Å². The minimum absolute atomic E-state index is 0.0000593. The molecule has 0 saturated carbocycles. The molecular formula is C16H22N2O3. The molecule has 0 atom stereocenters. The van der Waals surface area contributed by atoms with Gasteiger partial charge in [-0.15, -0.1) is 0 Å². The van der Waals surface area contributed by atoms with E-state index < -0.39 is 0 Å². The molecule has 1 aromatic rings. The Labute approximate surface area is 125 Å². The SMILES string of the molecule is Cc1ccc(OCC(=O)N2CCN(C(C)C)C(=O)C2)cc1. The number of benzene rings is 1. The van der Waals surface area contributed by atoms with Gasteiger partial charge in [-0.1, -0.05) is 17.7 Å². The summed E-state index contributed by atoms with van der Waals surface area (Å²) in [6.45, 7) is 7.24. The number of hydrogen-bond donors (Lipinski definition) is 0. The molecule has 1 aliphatic heterocycles. The molecule has 2 rings (SSSR count). The normalized spacial score (nSPS) is 15.5. The van der Waals surface area contributed by atoms with Crippen molar-refractivity contribution in [3.8, 4) is 5.75 Å². The molecule has 5 heteroatoms. The lowest BCUT2D eigenvalue weighted by atomic mass is 10.2. The van der Waals surface area contributed by atoms with Gasteiger partial charge in [-0.25, -0.2) is 0 Å². The van der Waals surface area contributed by atoms with Crippen LogP contribution in [0.25, 0.3) is 0 Å². The standard InChI is InChI=1S/C16H22N2O3/c1-12(2)18-9-8-17(10-15(18)19)16(20)11-21-14-6-4-13(3)5-7-14/h4-7,12H,8-11H2,1-3H3. The highest BCUT2D eigenvalue weighted by atomic mass is 16.5. The smallest absolute Gasteiger partial charge is 0.261 e. The lowest BCUT2D eigenvalue weighted by Crippen LogP contribution is -2.55. The van der Waals surface area contributed by atoms with E-state index in [4.69, 9.17) is 4.74 Å². The molecule has 0 unspecified atom stereocenters. The van der Waals surface area contributed by atoms with Gasteiger partial charge in [0.25, 0.3) is 5.91 Å². The summed E-state index contributed by atoms with van der Waals surface area (Å²) in [5.74, 6) is 0.522. The van der Waals surface area contributed by atoms with E-state index in [2.05, 4.69) is 0 Å². The summed E-state index contributed by atoms with van der Waals surface area (Å²) in [5.41, 5.74) is 1.14. The fraction of sp³-hybridized carbons (Fsp3) is 0.500. The van der Waals surface area contributed by atoms with Crippen LogP contribution in [0.1, 0.15) is 19.4 Å². The molecule has 0 N–H and O–H groups in total. The zero-order chi connectivity index (χ0) is 15.4. The maximum Gasteiger partial charge on any atom is 0.261 e. The molecule has 1 aromatic carbocycles. The third-order valence-corrected chi connectivity index (χ3v) is 3.62. The first-order valence-electron chi connectivity index (χ1n) is 7.24. The number of hydrogen-bond acceptors (Lipinski definition) is 3. The predicted molar refractivity (Wildman–Crippen MR) is 80.1 cm³/mol. The van der Waals surface area contributed by atoms with Crippen LogP contribution in [0.3, 0.4) is 0 Å². The molecule has 1 saturated heterocycles. The van der Waals surface area contributed by atoms with Crippen LogP contribution in [-0.4, -0.2) is 53.9 Å². The first-order chi connectivity index (χ1) is 9.97. The number of nitrogens with zero attached hydrogens (tertiary/aromatic N) is 2. The molecule has 0 aromatic heterocycles. The number of carbonyl (C=O) groups is 2. The molecule has 5 nitrogen and oxygen atoms in total. The van der Waals surface area contributed by atoms with E-state index in [9.17, 15) is 9.59 Å². The number of ether oxygens (including phenoxy) is 1. The van der Waals surface area contributed by atoms with Crippen LogP contribution in [0.15, 0.2) is 24.3 Å². The summed E-state index contributed by atoms with van der Waals surface area (Å²) >= 11 is 0. The van der Waals surface area contributed by atoms with Crippen molar-refractivity contribution < 1.29 is 14.3 Å². The van der Waals surface area contributed by atoms with Crippen LogP contribution in [0.4, 0.5) is 0 Å². The summed E-state index contributed by atoms with van der Waals surface area (Å²) in [6, 6.07) is 7.73. The minimum atomic E-state index is -0.146. The first-order valence-corrected chi connectivity index (χ1v) is 7.24. The van der Waals surface area contributed by atoms with Gasteiger partial charge in [-0.2, -0.15) is 0 Å². The van der Waals surface area contributed by atoms with Gasteiger partial charge in [0.05, 0.1) is 6.54 Å². The number of carbonyl (C=O) groups excluding carboxylic acids is 2. The topological polar surface area (TPSA) is 49.9 Å². The number of piperazine rings is 1. The van der Waals surface area contributed by atoms with Gasteiger partial charge in [-0.3, -0.25) is 9.59 Å². The Balaban J connectivity index is 1.84. The summed E-state index contributed by atoms with van der Waals surface area (Å²) in [4.78, 5) is 27.4. The fourth-order valence-electron chi connectivity index (χ4n) is 2.32. The second-order valence-electron chi connectivity index (χ2n) is 5.60. The zero-order valence-electron chi connectivity index (χ0n) is 12.8. The summed E-state index contributed by atoms with van der Waals surface area (Å²) < 4.78 is 5.47.